The van der Waals surface area contributed by atoms with Gasteiger partial charge in [-0.15, -0.1) is 0 Å². The first-order valence-electron chi connectivity index (χ1n) is 5.64. The highest BCUT2D eigenvalue weighted by Crippen LogP contribution is 2.10. The van der Waals surface area contributed by atoms with Gasteiger partial charge in [0.15, 0.2) is 0 Å². The zero-order valence-corrected chi connectivity index (χ0v) is 10.7. The van der Waals surface area contributed by atoms with Crippen LogP contribution in [0.25, 0.3) is 0 Å². The molecule has 0 aromatic carbocycles. The summed E-state index contributed by atoms with van der Waals surface area (Å²) in [5.41, 5.74) is 2.12. The van der Waals surface area contributed by atoms with Crippen LogP contribution in [0.2, 0.25) is 0 Å². The Labute approximate surface area is 98.4 Å². The minimum Gasteiger partial charge on any atom is -0.478 e. The topological polar surface area (TPSA) is 37.3 Å². The molecule has 0 saturated carbocycles. The van der Waals surface area contributed by atoms with Crippen molar-refractivity contribution in [1.29, 1.82) is 0 Å². The number of allylic oxidation sites excluding steroid dienone is 5. The van der Waals surface area contributed by atoms with Gasteiger partial charge in [-0.25, -0.2) is 4.79 Å². The molecule has 90 valence electrons. The Balaban J connectivity index is 4.04. The lowest BCUT2D eigenvalue weighted by Gasteiger charge is -2.03. The molecule has 0 rings (SSSR count). The number of carbonyl (C=O) groups is 1. The van der Waals surface area contributed by atoms with Crippen LogP contribution < -0.4 is 0 Å². The average Bonchev–Trinajstić information content (AvgIpc) is 2.13. The molecule has 2 heteroatoms. The number of hydrogen-bond donors (Lipinski definition) is 1. The summed E-state index contributed by atoms with van der Waals surface area (Å²) in [6.07, 6.45) is 9.57. The third kappa shape index (κ3) is 9.25. The molecule has 0 amide bonds. The Morgan fingerprint density at radius 2 is 1.94 bits per heavy atom. The quantitative estimate of drug-likeness (QED) is 0.419. The van der Waals surface area contributed by atoms with E-state index in [1.165, 1.54) is 11.6 Å². The van der Waals surface area contributed by atoms with Crippen molar-refractivity contribution < 1.29 is 9.90 Å². The normalized spacial score (nSPS) is 13.9. The third-order valence-electron chi connectivity index (χ3n) is 2.21. The zero-order chi connectivity index (χ0) is 12.6. The Morgan fingerprint density at radius 3 is 2.44 bits per heavy atom. The maximum atomic E-state index is 10.4. The standard InChI is InChI=1S/C14H22O2/c1-11(2)6-5-7-12(3)8-9-13(4)10-14(15)16/h6,8-10,12H,5,7H2,1-4H3,(H,15,16). The lowest BCUT2D eigenvalue weighted by Crippen LogP contribution is -1.90. The van der Waals surface area contributed by atoms with E-state index in [1.54, 1.807) is 6.92 Å². The van der Waals surface area contributed by atoms with Gasteiger partial charge in [-0.3, -0.25) is 0 Å². The minimum atomic E-state index is -0.889. The highest BCUT2D eigenvalue weighted by Gasteiger charge is 1.96. The van der Waals surface area contributed by atoms with Gasteiger partial charge in [-0.2, -0.15) is 0 Å². The smallest absolute Gasteiger partial charge is 0.328 e. The van der Waals surface area contributed by atoms with Crippen LogP contribution in [-0.4, -0.2) is 11.1 Å². The van der Waals surface area contributed by atoms with Crippen LogP contribution in [-0.2, 0) is 4.79 Å². The SMILES string of the molecule is CC(C)=CCCC(C)C=CC(C)=CC(=O)O. The molecule has 1 unspecified atom stereocenters. The van der Waals surface area contributed by atoms with Crippen molar-refractivity contribution in [2.75, 3.05) is 0 Å². The van der Waals surface area contributed by atoms with E-state index in [0.29, 0.717) is 5.92 Å². The summed E-state index contributed by atoms with van der Waals surface area (Å²) in [4.78, 5) is 10.4. The summed E-state index contributed by atoms with van der Waals surface area (Å²) in [5.74, 6) is -0.410. The summed E-state index contributed by atoms with van der Waals surface area (Å²) in [7, 11) is 0. The monoisotopic (exact) mass is 222 g/mol. The zero-order valence-electron chi connectivity index (χ0n) is 10.7. The fraction of sp³-hybridized carbons (Fsp3) is 0.500. The van der Waals surface area contributed by atoms with Crippen molar-refractivity contribution in [3.63, 3.8) is 0 Å². The first kappa shape index (κ1) is 14.7. The minimum absolute atomic E-state index is 0.479. The highest BCUT2D eigenvalue weighted by molar-refractivity contribution is 5.81. The van der Waals surface area contributed by atoms with E-state index in [-0.39, 0.29) is 0 Å². The van der Waals surface area contributed by atoms with Crippen LogP contribution in [0.4, 0.5) is 0 Å². The van der Waals surface area contributed by atoms with E-state index >= 15 is 0 Å². The molecular weight excluding hydrogens is 200 g/mol. The van der Waals surface area contributed by atoms with Crippen LogP contribution in [0.5, 0.6) is 0 Å². The lowest BCUT2D eigenvalue weighted by molar-refractivity contribution is -0.131. The molecule has 1 N–H and O–H groups in total. The molecule has 0 saturated heterocycles. The van der Waals surface area contributed by atoms with Gasteiger partial charge in [-0.05, 0) is 45.1 Å². The number of aliphatic carboxylic acids is 1. The molecule has 16 heavy (non-hydrogen) atoms. The van der Waals surface area contributed by atoms with Crippen molar-refractivity contribution in [3.05, 3.63) is 35.5 Å². The van der Waals surface area contributed by atoms with Gasteiger partial charge in [0.05, 0.1) is 0 Å². The number of carboxylic acid groups (broad SMARTS) is 1. The van der Waals surface area contributed by atoms with Gasteiger partial charge in [-0.1, -0.05) is 30.7 Å². The van der Waals surface area contributed by atoms with Crippen molar-refractivity contribution in [2.24, 2.45) is 5.92 Å². The predicted octanol–water partition coefficient (Wildman–Crippen LogP) is 3.96. The fourth-order valence-corrected chi connectivity index (χ4v) is 1.29. The summed E-state index contributed by atoms with van der Waals surface area (Å²) < 4.78 is 0. The summed E-state index contributed by atoms with van der Waals surface area (Å²) in [6.45, 7) is 8.14. The van der Waals surface area contributed by atoms with Crippen LogP contribution in [0.1, 0.15) is 40.5 Å². The molecule has 0 aliphatic heterocycles. The molecule has 2 nitrogen and oxygen atoms in total. The Morgan fingerprint density at radius 1 is 1.31 bits per heavy atom. The van der Waals surface area contributed by atoms with Crippen molar-refractivity contribution in [3.8, 4) is 0 Å². The number of hydrogen-bond acceptors (Lipinski definition) is 1. The van der Waals surface area contributed by atoms with Crippen LogP contribution in [0.15, 0.2) is 35.5 Å². The van der Waals surface area contributed by atoms with Gasteiger partial charge in [0.1, 0.15) is 0 Å². The Hall–Kier alpha value is -1.31. The maximum Gasteiger partial charge on any atom is 0.328 e. The molecule has 0 aromatic rings. The van der Waals surface area contributed by atoms with Gasteiger partial charge >= 0.3 is 5.97 Å². The van der Waals surface area contributed by atoms with E-state index in [9.17, 15) is 4.79 Å². The molecule has 0 radical (unpaired) electrons. The first-order chi connectivity index (χ1) is 7.41. The molecule has 0 aliphatic carbocycles. The largest absolute Gasteiger partial charge is 0.478 e. The van der Waals surface area contributed by atoms with E-state index in [0.717, 1.165) is 18.4 Å². The van der Waals surface area contributed by atoms with E-state index in [1.807, 2.05) is 6.08 Å². The molecule has 0 heterocycles. The van der Waals surface area contributed by atoms with Gasteiger partial charge in [0, 0.05) is 6.08 Å². The van der Waals surface area contributed by atoms with Crippen LogP contribution >= 0.6 is 0 Å². The van der Waals surface area contributed by atoms with Gasteiger partial charge in [0.25, 0.3) is 0 Å². The molecule has 0 bridgehead atoms. The molecule has 0 spiro atoms. The summed E-state index contributed by atoms with van der Waals surface area (Å²) in [5, 5.41) is 8.53. The number of rotatable bonds is 6. The Kier molecular flexibility index (Phi) is 7.27. The third-order valence-corrected chi connectivity index (χ3v) is 2.21. The van der Waals surface area contributed by atoms with Crippen molar-refractivity contribution in [2.45, 2.75) is 40.5 Å². The van der Waals surface area contributed by atoms with E-state index in [4.69, 9.17) is 5.11 Å². The molecule has 1 atom stereocenters. The summed E-state index contributed by atoms with van der Waals surface area (Å²) >= 11 is 0. The van der Waals surface area contributed by atoms with Crippen LogP contribution in [0.3, 0.4) is 0 Å². The number of carboxylic acids is 1. The predicted molar refractivity (Wildman–Crippen MR) is 68.4 cm³/mol. The first-order valence-corrected chi connectivity index (χ1v) is 5.64. The maximum absolute atomic E-state index is 10.4. The second kappa shape index (κ2) is 7.91. The van der Waals surface area contributed by atoms with Crippen molar-refractivity contribution in [1.82, 2.24) is 0 Å². The van der Waals surface area contributed by atoms with Crippen LogP contribution in [0, 0.1) is 5.92 Å². The molecule has 0 aromatic heterocycles. The second-order valence-electron chi connectivity index (χ2n) is 4.42. The average molecular weight is 222 g/mol. The molecule has 0 fully saturated rings. The van der Waals surface area contributed by atoms with Gasteiger partial charge in [0.2, 0.25) is 0 Å². The Bertz CT molecular complexity index is 305. The molecular formula is C14H22O2. The van der Waals surface area contributed by atoms with Crippen molar-refractivity contribution >= 4 is 5.97 Å². The lowest BCUT2D eigenvalue weighted by atomic mass is 10.0. The van der Waals surface area contributed by atoms with Gasteiger partial charge < -0.3 is 5.11 Å². The fourth-order valence-electron chi connectivity index (χ4n) is 1.29. The highest BCUT2D eigenvalue weighted by atomic mass is 16.4. The molecule has 0 aliphatic rings. The van der Waals surface area contributed by atoms with E-state index < -0.39 is 5.97 Å². The summed E-state index contributed by atoms with van der Waals surface area (Å²) in [6, 6.07) is 0. The van der Waals surface area contributed by atoms with E-state index in [2.05, 4.69) is 32.9 Å². The second-order valence-corrected chi connectivity index (χ2v) is 4.42.